The monoisotopic (exact) mass is 242 g/mol. The maximum absolute atomic E-state index is 10.4. The van der Waals surface area contributed by atoms with E-state index in [1.807, 2.05) is 36.4 Å². The first-order valence-corrected chi connectivity index (χ1v) is 6.58. The third-order valence-corrected chi connectivity index (χ3v) is 4.07. The molecule has 0 amide bonds. The fourth-order valence-electron chi connectivity index (χ4n) is 2.95. The molecule has 1 unspecified atom stereocenters. The van der Waals surface area contributed by atoms with Crippen molar-refractivity contribution in [3.8, 4) is 0 Å². The number of hydrogen-bond donors (Lipinski definition) is 2. The Balaban J connectivity index is 1.98. The van der Waals surface area contributed by atoms with Gasteiger partial charge in [0.25, 0.3) is 0 Å². The average molecular weight is 242 g/mol. The molecule has 0 aliphatic heterocycles. The Labute approximate surface area is 107 Å². The van der Waals surface area contributed by atoms with Gasteiger partial charge in [0.15, 0.2) is 0 Å². The molecule has 1 fully saturated rings. The molecule has 94 valence electrons. The molecule has 1 atom stereocenters. The molecule has 2 aromatic rings. The number of aliphatic hydroxyl groups is 2. The summed E-state index contributed by atoms with van der Waals surface area (Å²) < 4.78 is 0. The summed E-state index contributed by atoms with van der Waals surface area (Å²) in [6.45, 7) is 0. The van der Waals surface area contributed by atoms with E-state index >= 15 is 0 Å². The molecule has 0 spiro atoms. The lowest BCUT2D eigenvalue weighted by molar-refractivity contribution is -0.0718. The highest BCUT2D eigenvalue weighted by Gasteiger charge is 2.39. The van der Waals surface area contributed by atoms with Crippen LogP contribution in [-0.2, 0) is 0 Å². The van der Waals surface area contributed by atoms with Crippen LogP contribution in [0, 0.1) is 0 Å². The summed E-state index contributed by atoms with van der Waals surface area (Å²) in [4.78, 5) is 0. The molecule has 0 bridgehead atoms. The maximum Gasteiger partial charge on any atom is 0.108 e. The van der Waals surface area contributed by atoms with Crippen LogP contribution >= 0.6 is 0 Å². The Kier molecular flexibility index (Phi) is 2.84. The van der Waals surface area contributed by atoms with Crippen LogP contribution < -0.4 is 0 Å². The van der Waals surface area contributed by atoms with Gasteiger partial charge in [0.05, 0.1) is 5.60 Å². The van der Waals surface area contributed by atoms with Crippen molar-refractivity contribution in [3.05, 3.63) is 48.0 Å². The Morgan fingerprint density at radius 2 is 1.61 bits per heavy atom. The molecule has 0 radical (unpaired) electrons. The van der Waals surface area contributed by atoms with E-state index in [0.717, 1.165) is 29.2 Å². The summed E-state index contributed by atoms with van der Waals surface area (Å²) in [5.41, 5.74) is -0.110. The van der Waals surface area contributed by atoms with Gasteiger partial charge in [-0.05, 0) is 35.2 Å². The number of rotatable bonds is 2. The molecule has 2 heteroatoms. The molecule has 0 aromatic heterocycles. The summed E-state index contributed by atoms with van der Waals surface area (Å²) in [5.74, 6) is 0. The minimum atomic E-state index is -0.928. The second-order valence-electron chi connectivity index (χ2n) is 5.32. The van der Waals surface area contributed by atoms with Crippen LogP contribution in [0.15, 0.2) is 42.5 Å². The maximum atomic E-state index is 10.4. The van der Waals surface area contributed by atoms with Gasteiger partial charge < -0.3 is 10.2 Å². The van der Waals surface area contributed by atoms with E-state index in [0.29, 0.717) is 12.8 Å². The largest absolute Gasteiger partial charge is 0.387 e. The Hall–Kier alpha value is -1.38. The quantitative estimate of drug-likeness (QED) is 0.849. The predicted molar refractivity (Wildman–Crippen MR) is 72.3 cm³/mol. The standard InChI is InChI=1S/C16H18O2/c17-15(16(18)9-3-4-10-16)14-8-7-12-5-1-2-6-13(12)11-14/h1-2,5-8,11,15,17-18H,3-4,9-10H2. The highest BCUT2D eigenvalue weighted by Crippen LogP contribution is 2.40. The van der Waals surface area contributed by atoms with Crippen LogP contribution in [0.3, 0.4) is 0 Å². The summed E-state index contributed by atoms with van der Waals surface area (Å²) in [5, 5.41) is 23.1. The lowest BCUT2D eigenvalue weighted by Crippen LogP contribution is -2.32. The Bertz CT molecular complexity index is 556. The zero-order valence-corrected chi connectivity index (χ0v) is 10.3. The van der Waals surface area contributed by atoms with E-state index in [1.54, 1.807) is 0 Å². The van der Waals surface area contributed by atoms with Gasteiger partial charge in [0.2, 0.25) is 0 Å². The number of hydrogen-bond acceptors (Lipinski definition) is 2. The highest BCUT2D eigenvalue weighted by atomic mass is 16.3. The van der Waals surface area contributed by atoms with Crippen LogP contribution in [0.2, 0.25) is 0 Å². The third kappa shape index (κ3) is 1.92. The molecule has 2 N–H and O–H groups in total. The molecule has 1 aliphatic rings. The molecule has 2 nitrogen and oxygen atoms in total. The van der Waals surface area contributed by atoms with Gasteiger partial charge in [-0.2, -0.15) is 0 Å². The van der Waals surface area contributed by atoms with Crippen molar-refractivity contribution >= 4 is 10.8 Å². The molecule has 2 aromatic carbocycles. The van der Waals surface area contributed by atoms with Gasteiger partial charge in [-0.15, -0.1) is 0 Å². The average Bonchev–Trinajstić information content (AvgIpc) is 2.85. The van der Waals surface area contributed by atoms with Crippen LogP contribution in [0.1, 0.15) is 37.4 Å². The highest BCUT2D eigenvalue weighted by molar-refractivity contribution is 5.83. The predicted octanol–water partition coefficient (Wildman–Crippen LogP) is 3.18. The molecule has 3 rings (SSSR count). The van der Waals surface area contributed by atoms with Crippen LogP contribution in [0.4, 0.5) is 0 Å². The molecule has 1 aliphatic carbocycles. The van der Waals surface area contributed by atoms with E-state index < -0.39 is 11.7 Å². The molecular formula is C16H18O2. The zero-order chi connectivity index (χ0) is 12.6. The van der Waals surface area contributed by atoms with Gasteiger partial charge in [0.1, 0.15) is 6.10 Å². The first kappa shape index (κ1) is 11.7. The Morgan fingerprint density at radius 1 is 0.944 bits per heavy atom. The first-order chi connectivity index (χ1) is 8.69. The molecule has 0 saturated heterocycles. The first-order valence-electron chi connectivity index (χ1n) is 6.58. The lowest BCUT2D eigenvalue weighted by atomic mass is 9.89. The van der Waals surface area contributed by atoms with E-state index in [4.69, 9.17) is 0 Å². The van der Waals surface area contributed by atoms with Crippen LogP contribution in [0.5, 0.6) is 0 Å². The van der Waals surface area contributed by atoms with Gasteiger partial charge in [-0.25, -0.2) is 0 Å². The van der Waals surface area contributed by atoms with E-state index in [9.17, 15) is 10.2 Å². The van der Waals surface area contributed by atoms with E-state index in [2.05, 4.69) is 6.07 Å². The van der Waals surface area contributed by atoms with Gasteiger partial charge in [-0.1, -0.05) is 49.2 Å². The molecule has 18 heavy (non-hydrogen) atoms. The zero-order valence-electron chi connectivity index (χ0n) is 10.3. The minimum absolute atomic E-state index is 0.695. The topological polar surface area (TPSA) is 40.5 Å². The fourth-order valence-corrected chi connectivity index (χ4v) is 2.95. The van der Waals surface area contributed by atoms with Crippen molar-refractivity contribution < 1.29 is 10.2 Å². The minimum Gasteiger partial charge on any atom is -0.387 e. The smallest absolute Gasteiger partial charge is 0.108 e. The third-order valence-electron chi connectivity index (χ3n) is 4.07. The summed E-state index contributed by atoms with van der Waals surface area (Å²) in [6, 6.07) is 14.0. The molecule has 1 saturated carbocycles. The van der Waals surface area contributed by atoms with Crippen LogP contribution in [-0.4, -0.2) is 15.8 Å². The fraction of sp³-hybridized carbons (Fsp3) is 0.375. The Morgan fingerprint density at radius 3 is 2.33 bits per heavy atom. The van der Waals surface area contributed by atoms with E-state index in [1.165, 1.54) is 0 Å². The van der Waals surface area contributed by atoms with Crippen molar-refractivity contribution in [1.29, 1.82) is 0 Å². The summed E-state index contributed by atoms with van der Waals surface area (Å²) >= 11 is 0. The SMILES string of the molecule is OC(c1ccc2ccccc2c1)C1(O)CCCC1. The van der Waals surface area contributed by atoms with Gasteiger partial charge >= 0.3 is 0 Å². The number of benzene rings is 2. The van der Waals surface area contributed by atoms with Crippen molar-refractivity contribution in [2.45, 2.75) is 37.4 Å². The van der Waals surface area contributed by atoms with Gasteiger partial charge in [0, 0.05) is 0 Å². The molecular weight excluding hydrogens is 224 g/mol. The normalized spacial score (nSPS) is 20.1. The summed E-state index contributed by atoms with van der Waals surface area (Å²) in [7, 11) is 0. The summed E-state index contributed by atoms with van der Waals surface area (Å²) in [6.07, 6.45) is 2.62. The van der Waals surface area contributed by atoms with Gasteiger partial charge in [-0.3, -0.25) is 0 Å². The van der Waals surface area contributed by atoms with Crippen molar-refractivity contribution in [2.24, 2.45) is 0 Å². The second-order valence-corrected chi connectivity index (χ2v) is 5.32. The lowest BCUT2D eigenvalue weighted by Gasteiger charge is -2.28. The number of fused-ring (bicyclic) bond motifs is 1. The van der Waals surface area contributed by atoms with Crippen LogP contribution in [0.25, 0.3) is 10.8 Å². The second kappa shape index (κ2) is 4.38. The van der Waals surface area contributed by atoms with E-state index in [-0.39, 0.29) is 0 Å². The number of aliphatic hydroxyl groups excluding tert-OH is 1. The van der Waals surface area contributed by atoms with Crippen molar-refractivity contribution in [1.82, 2.24) is 0 Å². The van der Waals surface area contributed by atoms with Crippen molar-refractivity contribution in [2.75, 3.05) is 0 Å². The molecule has 0 heterocycles. The van der Waals surface area contributed by atoms with Crippen molar-refractivity contribution in [3.63, 3.8) is 0 Å².